The molecule has 26 heavy (non-hydrogen) atoms. The maximum Gasteiger partial charge on any atom is 0.416 e. The number of nitrogens with one attached hydrogen (secondary N) is 1. The van der Waals surface area contributed by atoms with Crippen molar-refractivity contribution in [1.82, 2.24) is 4.98 Å². The van der Waals surface area contributed by atoms with E-state index in [0.29, 0.717) is 0 Å². The van der Waals surface area contributed by atoms with Crippen LogP contribution >= 0.6 is 0 Å². The van der Waals surface area contributed by atoms with Crippen molar-refractivity contribution in [2.75, 3.05) is 5.73 Å². The molecule has 138 valence electrons. The van der Waals surface area contributed by atoms with Gasteiger partial charge in [-0.2, -0.15) is 13.2 Å². The predicted molar refractivity (Wildman–Crippen MR) is 75.7 cm³/mol. The molecule has 0 spiro atoms. The normalized spacial score (nSPS) is 11.4. The first kappa shape index (κ1) is 18.9. The molecule has 0 aliphatic heterocycles. The molecule has 0 amide bonds. The van der Waals surface area contributed by atoms with Crippen LogP contribution in [0.2, 0.25) is 0 Å². The van der Waals surface area contributed by atoms with Crippen LogP contribution in [0.4, 0.5) is 27.8 Å². The summed E-state index contributed by atoms with van der Waals surface area (Å²) in [6.45, 7) is 0. The smallest absolute Gasteiger partial charge is 0.416 e. The number of aromatic nitrogens is 1. The molecule has 5 N–H and O–H groups in total. The zero-order valence-corrected chi connectivity index (χ0v) is 12.2. The summed E-state index contributed by atoms with van der Waals surface area (Å²) in [5.41, 5.74) is -3.25. The number of carbonyl (C=O) groups is 2. The highest BCUT2D eigenvalue weighted by molar-refractivity contribution is 6.07. The number of nitrogens with two attached hydrogens (primary N) is 1. The first-order valence-electron chi connectivity index (χ1n) is 6.45. The minimum Gasteiger partial charge on any atom is -0.478 e. The highest BCUT2D eigenvalue weighted by Crippen LogP contribution is 2.37. The van der Waals surface area contributed by atoms with E-state index in [1.807, 2.05) is 0 Å². The Morgan fingerprint density at radius 1 is 0.962 bits per heavy atom. The molecule has 0 aliphatic carbocycles. The van der Waals surface area contributed by atoms with Gasteiger partial charge >= 0.3 is 18.1 Å². The van der Waals surface area contributed by atoms with Gasteiger partial charge in [-0.25, -0.2) is 18.4 Å². The van der Waals surface area contributed by atoms with Crippen LogP contribution in [0.5, 0.6) is 0 Å². The number of hydrogen-bond donors (Lipinski definition) is 4. The second-order valence-electron chi connectivity index (χ2n) is 4.92. The number of alkyl halides is 3. The Morgan fingerprint density at radius 2 is 1.42 bits per heavy atom. The van der Waals surface area contributed by atoms with Gasteiger partial charge in [0.2, 0.25) is 0 Å². The fraction of sp³-hybridized carbons (Fsp3) is 0.0714. The molecular formula is C14H7F5N2O5. The van der Waals surface area contributed by atoms with Gasteiger partial charge < -0.3 is 20.9 Å². The van der Waals surface area contributed by atoms with Gasteiger partial charge in [-0.3, -0.25) is 4.79 Å². The third-order valence-corrected chi connectivity index (χ3v) is 3.29. The second kappa shape index (κ2) is 6.13. The van der Waals surface area contributed by atoms with Crippen molar-refractivity contribution in [2.24, 2.45) is 0 Å². The van der Waals surface area contributed by atoms with Gasteiger partial charge in [0.25, 0.3) is 5.56 Å². The molecule has 0 radical (unpaired) electrons. The molecule has 0 saturated carbocycles. The van der Waals surface area contributed by atoms with E-state index in [9.17, 15) is 36.3 Å². The first-order chi connectivity index (χ1) is 11.9. The maximum absolute atomic E-state index is 14.2. The summed E-state index contributed by atoms with van der Waals surface area (Å²) in [5, 5.41) is 18.2. The van der Waals surface area contributed by atoms with Crippen LogP contribution in [0.3, 0.4) is 0 Å². The van der Waals surface area contributed by atoms with Crippen molar-refractivity contribution in [3.8, 4) is 11.1 Å². The Labute approximate surface area is 139 Å². The molecule has 0 unspecified atom stereocenters. The van der Waals surface area contributed by atoms with E-state index < -0.39 is 68.9 Å². The van der Waals surface area contributed by atoms with Crippen molar-refractivity contribution in [2.45, 2.75) is 6.18 Å². The molecule has 1 aromatic carbocycles. The van der Waals surface area contributed by atoms with E-state index in [-0.39, 0.29) is 12.1 Å². The molecule has 1 aromatic heterocycles. The van der Waals surface area contributed by atoms with Gasteiger partial charge in [-0.15, -0.1) is 0 Å². The van der Waals surface area contributed by atoms with Crippen LogP contribution in [0.15, 0.2) is 16.9 Å². The zero-order valence-electron chi connectivity index (χ0n) is 12.2. The monoisotopic (exact) mass is 378 g/mol. The van der Waals surface area contributed by atoms with Crippen LogP contribution in [-0.2, 0) is 6.18 Å². The third kappa shape index (κ3) is 3.08. The lowest BCUT2D eigenvalue weighted by Crippen LogP contribution is -2.25. The quantitative estimate of drug-likeness (QED) is 0.606. The Morgan fingerprint density at radius 3 is 1.81 bits per heavy atom. The first-order valence-corrected chi connectivity index (χ1v) is 6.45. The number of carboxylic acid groups (broad SMARTS) is 2. The van der Waals surface area contributed by atoms with Crippen molar-refractivity contribution >= 4 is 17.8 Å². The van der Waals surface area contributed by atoms with Crippen LogP contribution in [0.1, 0.15) is 26.3 Å². The van der Waals surface area contributed by atoms with Crippen LogP contribution in [-0.4, -0.2) is 27.1 Å². The number of benzene rings is 1. The van der Waals surface area contributed by atoms with E-state index in [2.05, 4.69) is 0 Å². The summed E-state index contributed by atoms with van der Waals surface area (Å²) in [5.74, 6) is -8.81. The number of rotatable bonds is 3. The Kier molecular flexibility index (Phi) is 4.45. The largest absolute Gasteiger partial charge is 0.478 e. The minimum atomic E-state index is -5.13. The van der Waals surface area contributed by atoms with E-state index in [1.165, 1.54) is 0 Å². The van der Waals surface area contributed by atoms with E-state index in [0.717, 1.165) is 0 Å². The number of halogens is 5. The van der Waals surface area contributed by atoms with Gasteiger partial charge in [0.05, 0.1) is 11.1 Å². The summed E-state index contributed by atoms with van der Waals surface area (Å²) in [7, 11) is 0. The number of carboxylic acids is 2. The Hall–Kier alpha value is -3.44. The number of pyridine rings is 1. The summed E-state index contributed by atoms with van der Waals surface area (Å²) in [6, 6.07) is -0.319. The SMILES string of the molecule is Nc1[nH]c(=O)c(C(=O)O)c(-c2c(F)cc(C(F)(F)F)cc2F)c1C(=O)O. The highest BCUT2D eigenvalue weighted by atomic mass is 19.4. The second-order valence-corrected chi connectivity index (χ2v) is 4.92. The summed E-state index contributed by atoms with van der Waals surface area (Å²) >= 11 is 0. The molecule has 0 aliphatic rings. The molecular weight excluding hydrogens is 371 g/mol. The van der Waals surface area contributed by atoms with Gasteiger partial charge in [0, 0.05) is 5.56 Å². The van der Waals surface area contributed by atoms with Crippen molar-refractivity contribution < 1.29 is 41.8 Å². The average Bonchev–Trinajstić information content (AvgIpc) is 2.43. The van der Waals surface area contributed by atoms with Gasteiger partial charge in [-0.1, -0.05) is 0 Å². The molecule has 12 heteroatoms. The van der Waals surface area contributed by atoms with E-state index in [1.54, 1.807) is 4.98 Å². The highest BCUT2D eigenvalue weighted by Gasteiger charge is 2.35. The molecule has 2 rings (SSSR count). The lowest BCUT2D eigenvalue weighted by Gasteiger charge is -2.15. The molecule has 0 fully saturated rings. The van der Waals surface area contributed by atoms with E-state index in [4.69, 9.17) is 15.9 Å². The summed E-state index contributed by atoms with van der Waals surface area (Å²) in [6.07, 6.45) is -5.13. The standard InChI is InChI=1S/C14H7F5N2O5/c15-4-1-3(14(17,18)19)2-5(16)6(4)7-8(12(23)24)10(20)21-11(22)9(7)13(25)26/h1-2H,(H,23,24)(H,25,26)(H3,20,21,22). The van der Waals surface area contributed by atoms with Crippen LogP contribution in [0.25, 0.3) is 11.1 Å². The van der Waals surface area contributed by atoms with Crippen molar-refractivity contribution in [3.05, 3.63) is 50.8 Å². The van der Waals surface area contributed by atoms with Gasteiger partial charge in [-0.05, 0) is 12.1 Å². The average molecular weight is 378 g/mol. The number of nitrogen functional groups attached to an aromatic ring is 1. The number of hydrogen-bond acceptors (Lipinski definition) is 4. The predicted octanol–water partition coefficient (Wildman–Crippen LogP) is 2.32. The van der Waals surface area contributed by atoms with Gasteiger partial charge in [0.1, 0.15) is 28.6 Å². The minimum absolute atomic E-state index is 0.160. The summed E-state index contributed by atoms with van der Waals surface area (Å²) in [4.78, 5) is 36.1. The van der Waals surface area contributed by atoms with Crippen LogP contribution in [0, 0.1) is 11.6 Å². The number of aromatic carboxylic acids is 2. The van der Waals surface area contributed by atoms with Crippen molar-refractivity contribution in [3.63, 3.8) is 0 Å². The maximum atomic E-state index is 14.2. The Bertz CT molecular complexity index is 973. The topological polar surface area (TPSA) is 133 Å². The number of aromatic amines is 1. The fourth-order valence-corrected chi connectivity index (χ4v) is 2.27. The molecule has 0 saturated heterocycles. The van der Waals surface area contributed by atoms with Crippen molar-refractivity contribution in [1.29, 1.82) is 0 Å². The zero-order chi connectivity index (χ0) is 20.0. The van der Waals surface area contributed by atoms with E-state index >= 15 is 0 Å². The Balaban J connectivity index is 3.04. The van der Waals surface area contributed by atoms with Gasteiger partial charge in [0.15, 0.2) is 0 Å². The molecule has 2 aromatic rings. The molecule has 7 nitrogen and oxygen atoms in total. The molecule has 1 heterocycles. The summed E-state index contributed by atoms with van der Waals surface area (Å²) < 4.78 is 66.3. The molecule has 0 atom stereocenters. The number of anilines is 1. The number of H-pyrrole nitrogens is 1. The third-order valence-electron chi connectivity index (χ3n) is 3.29. The lowest BCUT2D eigenvalue weighted by atomic mass is 9.93. The van der Waals surface area contributed by atoms with Crippen LogP contribution < -0.4 is 11.3 Å². The molecule has 0 bridgehead atoms. The lowest BCUT2D eigenvalue weighted by molar-refractivity contribution is -0.138. The fourth-order valence-electron chi connectivity index (χ4n) is 2.27.